The van der Waals surface area contributed by atoms with Gasteiger partial charge in [-0.15, -0.1) is 0 Å². The van der Waals surface area contributed by atoms with Crippen LogP contribution in [0, 0.1) is 0 Å². The van der Waals surface area contributed by atoms with Gasteiger partial charge >= 0.3 is 5.97 Å². The van der Waals surface area contributed by atoms with E-state index in [0.717, 1.165) is 22.1 Å². The minimum absolute atomic E-state index is 0.0873. The van der Waals surface area contributed by atoms with Crippen LogP contribution >= 0.6 is 0 Å². The molecular formula is C32H32N2O4. The van der Waals surface area contributed by atoms with E-state index in [1.165, 1.54) is 18.7 Å². The fourth-order valence-electron chi connectivity index (χ4n) is 3.95. The van der Waals surface area contributed by atoms with E-state index >= 15 is 0 Å². The zero-order chi connectivity index (χ0) is 27.1. The molecule has 0 aliphatic heterocycles. The summed E-state index contributed by atoms with van der Waals surface area (Å²) in [6.45, 7) is 7.25. The molecule has 0 fully saturated rings. The van der Waals surface area contributed by atoms with Crippen molar-refractivity contribution in [3.8, 4) is 5.75 Å². The predicted molar refractivity (Wildman–Crippen MR) is 150 cm³/mol. The van der Waals surface area contributed by atoms with E-state index in [2.05, 4.69) is 60.1 Å². The smallest absolute Gasteiger partial charge is 0.330 e. The van der Waals surface area contributed by atoms with Gasteiger partial charge in [0.2, 0.25) is 0 Å². The van der Waals surface area contributed by atoms with Gasteiger partial charge in [-0.05, 0) is 51.9 Å². The van der Waals surface area contributed by atoms with Crippen molar-refractivity contribution < 1.29 is 19.1 Å². The molecule has 4 aromatic rings. The molecular weight excluding hydrogens is 476 g/mol. The number of aromatic nitrogens is 1. The maximum Gasteiger partial charge on any atom is 0.330 e. The normalized spacial score (nSPS) is 11.5. The van der Waals surface area contributed by atoms with E-state index in [-0.39, 0.29) is 17.0 Å². The average Bonchev–Trinajstić information content (AvgIpc) is 2.93. The molecule has 0 radical (unpaired) electrons. The van der Waals surface area contributed by atoms with Crippen LogP contribution in [0.25, 0.3) is 17.0 Å². The Kier molecular flexibility index (Phi) is 8.22. The van der Waals surface area contributed by atoms with Crippen LogP contribution in [-0.4, -0.2) is 24.0 Å². The lowest BCUT2D eigenvalue weighted by Crippen LogP contribution is -2.24. The lowest BCUT2D eigenvalue weighted by atomic mass is 9.87. The second-order valence-electron chi connectivity index (χ2n) is 10.0. The molecule has 1 N–H and O–H groups in total. The maximum absolute atomic E-state index is 13.1. The molecule has 0 saturated heterocycles. The van der Waals surface area contributed by atoms with Crippen LogP contribution in [0.15, 0.2) is 84.9 Å². The van der Waals surface area contributed by atoms with E-state index in [1.54, 1.807) is 12.1 Å². The van der Waals surface area contributed by atoms with E-state index < -0.39 is 5.97 Å². The number of fused-ring (bicyclic) bond motifs is 1. The van der Waals surface area contributed by atoms with E-state index in [0.29, 0.717) is 24.4 Å². The fraction of sp³-hybridized carbons (Fsp3) is 0.219. The third-order valence-corrected chi connectivity index (χ3v) is 6.14. The summed E-state index contributed by atoms with van der Waals surface area (Å²) in [6.07, 6.45) is 3.03. The van der Waals surface area contributed by atoms with E-state index in [9.17, 15) is 9.59 Å². The molecule has 1 heterocycles. The van der Waals surface area contributed by atoms with Crippen molar-refractivity contribution in [3.63, 3.8) is 0 Å². The SMILES string of the molecule is COC(=O)/C=C/c1cccc(CNC(=O)c2cc(OCc3ccc(C(C)(C)C)cc3)c3ccccc3n2)c1. The molecule has 6 nitrogen and oxygen atoms in total. The number of benzene rings is 3. The van der Waals surface area contributed by atoms with Crippen LogP contribution in [0.2, 0.25) is 0 Å². The number of pyridine rings is 1. The number of carbonyl (C=O) groups excluding carboxylic acids is 2. The number of amides is 1. The molecule has 1 amide bonds. The van der Waals surface area contributed by atoms with Gasteiger partial charge in [0.15, 0.2) is 0 Å². The van der Waals surface area contributed by atoms with Gasteiger partial charge in [0.25, 0.3) is 5.91 Å². The predicted octanol–water partition coefficient (Wildman–Crippen LogP) is 6.23. The molecule has 0 spiro atoms. The highest BCUT2D eigenvalue weighted by atomic mass is 16.5. The van der Waals surface area contributed by atoms with Crippen molar-refractivity contribution in [2.45, 2.75) is 39.3 Å². The molecule has 3 aromatic carbocycles. The monoisotopic (exact) mass is 508 g/mol. The molecule has 0 aliphatic carbocycles. The number of ether oxygens (including phenoxy) is 2. The minimum atomic E-state index is -0.425. The fourth-order valence-corrected chi connectivity index (χ4v) is 3.95. The van der Waals surface area contributed by atoms with Crippen molar-refractivity contribution in [2.75, 3.05) is 7.11 Å². The van der Waals surface area contributed by atoms with Gasteiger partial charge in [0, 0.05) is 24.1 Å². The first-order valence-corrected chi connectivity index (χ1v) is 12.5. The standard InChI is InChI=1S/C32H32N2O4/c1-32(2,3)25-15-12-23(13-16-25)21-38-29-19-28(34-27-11-6-5-10-26(27)29)31(36)33-20-24-9-7-8-22(18-24)14-17-30(35)37-4/h5-19H,20-21H2,1-4H3,(H,33,36)/b17-14+. The summed E-state index contributed by atoms with van der Waals surface area (Å²) in [7, 11) is 1.33. The number of hydrogen-bond acceptors (Lipinski definition) is 5. The Labute approximate surface area is 223 Å². The first-order chi connectivity index (χ1) is 18.2. The number of hydrogen-bond donors (Lipinski definition) is 1. The maximum atomic E-state index is 13.1. The number of methoxy groups -OCH3 is 1. The van der Waals surface area contributed by atoms with Gasteiger partial charge in [0.1, 0.15) is 18.1 Å². The third-order valence-electron chi connectivity index (χ3n) is 6.14. The molecule has 194 valence electrons. The van der Waals surface area contributed by atoms with Crippen molar-refractivity contribution in [3.05, 3.63) is 113 Å². The molecule has 1 aromatic heterocycles. The molecule has 6 heteroatoms. The van der Waals surface area contributed by atoms with E-state index in [4.69, 9.17) is 4.74 Å². The van der Waals surface area contributed by atoms with Crippen molar-refractivity contribution >= 4 is 28.9 Å². The van der Waals surface area contributed by atoms with Gasteiger partial charge in [-0.25, -0.2) is 9.78 Å². The lowest BCUT2D eigenvalue weighted by Gasteiger charge is -2.19. The summed E-state index contributed by atoms with van der Waals surface area (Å²) in [5.41, 5.74) is 5.09. The summed E-state index contributed by atoms with van der Waals surface area (Å²) in [5.74, 6) is -0.118. The Hall–Kier alpha value is -4.45. The first kappa shape index (κ1) is 26.6. The van der Waals surface area contributed by atoms with Crippen LogP contribution in [0.5, 0.6) is 5.75 Å². The lowest BCUT2D eigenvalue weighted by molar-refractivity contribution is -0.134. The van der Waals surface area contributed by atoms with Crippen LogP contribution in [0.1, 0.15) is 53.5 Å². The van der Waals surface area contributed by atoms with E-state index in [1.807, 2.05) is 48.5 Å². The Bertz CT molecular complexity index is 1470. The van der Waals surface area contributed by atoms with Crippen LogP contribution in [-0.2, 0) is 28.1 Å². The molecule has 0 unspecified atom stereocenters. The summed E-state index contributed by atoms with van der Waals surface area (Å²) in [6, 6.07) is 25.3. The Balaban J connectivity index is 1.48. The zero-order valence-corrected chi connectivity index (χ0v) is 22.2. The molecule has 0 saturated carbocycles. The number of para-hydroxylation sites is 1. The Morgan fingerprint density at radius 2 is 1.68 bits per heavy atom. The summed E-state index contributed by atoms with van der Waals surface area (Å²) in [4.78, 5) is 29.0. The average molecular weight is 509 g/mol. The quantitative estimate of drug-likeness (QED) is 0.226. The molecule has 0 bridgehead atoms. The number of rotatable bonds is 8. The first-order valence-electron chi connectivity index (χ1n) is 12.5. The van der Waals surface area contributed by atoms with Gasteiger partial charge in [-0.3, -0.25) is 4.79 Å². The topological polar surface area (TPSA) is 77.5 Å². The van der Waals surface area contributed by atoms with Gasteiger partial charge < -0.3 is 14.8 Å². The van der Waals surface area contributed by atoms with Crippen molar-refractivity contribution in [1.29, 1.82) is 0 Å². The Morgan fingerprint density at radius 3 is 2.42 bits per heavy atom. The van der Waals surface area contributed by atoms with Crippen molar-refractivity contribution in [2.24, 2.45) is 0 Å². The minimum Gasteiger partial charge on any atom is -0.488 e. The number of nitrogens with one attached hydrogen (secondary N) is 1. The van der Waals surface area contributed by atoms with Gasteiger partial charge in [-0.2, -0.15) is 0 Å². The molecule has 0 aliphatic rings. The molecule has 0 atom stereocenters. The second-order valence-corrected chi connectivity index (χ2v) is 10.0. The highest BCUT2D eigenvalue weighted by molar-refractivity contribution is 5.97. The highest BCUT2D eigenvalue weighted by Crippen LogP contribution is 2.27. The Morgan fingerprint density at radius 1 is 0.921 bits per heavy atom. The van der Waals surface area contributed by atoms with Gasteiger partial charge in [-0.1, -0.05) is 75.4 Å². The third kappa shape index (κ3) is 6.85. The highest BCUT2D eigenvalue weighted by Gasteiger charge is 2.15. The summed E-state index contributed by atoms with van der Waals surface area (Å²) < 4.78 is 10.8. The van der Waals surface area contributed by atoms with Crippen LogP contribution in [0.4, 0.5) is 0 Å². The summed E-state index contributed by atoms with van der Waals surface area (Å²) in [5, 5.41) is 3.78. The van der Waals surface area contributed by atoms with Gasteiger partial charge in [0.05, 0.1) is 12.6 Å². The number of nitrogens with zero attached hydrogens (tertiary/aromatic N) is 1. The summed E-state index contributed by atoms with van der Waals surface area (Å²) >= 11 is 0. The zero-order valence-electron chi connectivity index (χ0n) is 22.2. The number of esters is 1. The molecule has 38 heavy (non-hydrogen) atoms. The molecule has 4 rings (SSSR count). The van der Waals surface area contributed by atoms with Crippen LogP contribution < -0.4 is 10.1 Å². The second kappa shape index (κ2) is 11.7. The van der Waals surface area contributed by atoms with Crippen molar-refractivity contribution in [1.82, 2.24) is 10.3 Å². The van der Waals surface area contributed by atoms with Crippen LogP contribution in [0.3, 0.4) is 0 Å². The largest absolute Gasteiger partial charge is 0.488 e. The number of carbonyl (C=O) groups is 2.